The van der Waals surface area contributed by atoms with Crippen molar-refractivity contribution in [3.8, 4) is 0 Å². The molecular formula is C12H23NO3. The van der Waals surface area contributed by atoms with E-state index < -0.39 is 17.7 Å². The number of ether oxygens (including phenoxy) is 1. The van der Waals surface area contributed by atoms with Gasteiger partial charge in [0.05, 0.1) is 6.04 Å². The first-order valence-electron chi connectivity index (χ1n) is 5.52. The fourth-order valence-corrected chi connectivity index (χ4v) is 1.20. The Morgan fingerprint density at radius 2 is 1.88 bits per heavy atom. The second-order valence-corrected chi connectivity index (χ2v) is 5.08. The van der Waals surface area contributed by atoms with Crippen LogP contribution in [-0.2, 0) is 4.74 Å². The molecule has 16 heavy (non-hydrogen) atoms. The molecule has 0 spiro atoms. The number of aliphatic hydroxyl groups is 1. The monoisotopic (exact) mass is 229 g/mol. The van der Waals surface area contributed by atoms with Crippen LogP contribution < -0.4 is 5.32 Å². The van der Waals surface area contributed by atoms with Gasteiger partial charge in [-0.3, -0.25) is 0 Å². The third kappa shape index (κ3) is 5.63. The molecule has 0 saturated heterocycles. The first kappa shape index (κ1) is 14.8. The van der Waals surface area contributed by atoms with Gasteiger partial charge in [0.2, 0.25) is 0 Å². The molecule has 0 bridgehead atoms. The van der Waals surface area contributed by atoms with Crippen LogP contribution in [0, 0.1) is 5.92 Å². The van der Waals surface area contributed by atoms with E-state index in [0.29, 0.717) is 0 Å². The van der Waals surface area contributed by atoms with E-state index >= 15 is 0 Å². The molecule has 0 aliphatic rings. The van der Waals surface area contributed by atoms with Gasteiger partial charge >= 0.3 is 6.09 Å². The molecule has 2 N–H and O–H groups in total. The number of aliphatic hydroxyl groups excluding tert-OH is 1. The molecule has 4 heteroatoms. The largest absolute Gasteiger partial charge is 0.510 e. The lowest BCUT2D eigenvalue weighted by molar-refractivity contribution is 0.0487. The smallest absolute Gasteiger partial charge is 0.408 e. The van der Waals surface area contributed by atoms with Crippen molar-refractivity contribution in [3.63, 3.8) is 0 Å². The van der Waals surface area contributed by atoms with Crippen molar-refractivity contribution in [2.45, 2.75) is 53.2 Å². The van der Waals surface area contributed by atoms with Crippen molar-refractivity contribution in [3.05, 3.63) is 11.8 Å². The van der Waals surface area contributed by atoms with Crippen molar-refractivity contribution in [2.75, 3.05) is 0 Å². The van der Waals surface area contributed by atoms with Crippen molar-refractivity contribution in [1.82, 2.24) is 5.32 Å². The normalized spacial score (nSPS) is 14.8. The first-order valence-corrected chi connectivity index (χ1v) is 5.52. The second kappa shape index (κ2) is 5.77. The Labute approximate surface area is 97.7 Å². The molecule has 1 atom stereocenters. The number of hydrogen-bond acceptors (Lipinski definition) is 3. The Morgan fingerprint density at radius 1 is 1.38 bits per heavy atom. The summed E-state index contributed by atoms with van der Waals surface area (Å²) in [6, 6.07) is -0.403. The molecule has 0 unspecified atom stereocenters. The highest BCUT2D eigenvalue weighted by Crippen LogP contribution is 2.12. The summed E-state index contributed by atoms with van der Waals surface area (Å²) in [6.07, 6.45) is 1.06. The van der Waals surface area contributed by atoms with Gasteiger partial charge < -0.3 is 15.2 Å². The van der Waals surface area contributed by atoms with Crippen LogP contribution in [0.3, 0.4) is 0 Å². The SMILES string of the molecule is CC=C(O)[C@@H](NC(=O)OC(C)(C)C)C(C)C. The fraction of sp³-hybridized carbons (Fsp3) is 0.750. The Kier molecular flexibility index (Phi) is 5.35. The van der Waals surface area contributed by atoms with Gasteiger partial charge in [0, 0.05) is 0 Å². The highest BCUT2D eigenvalue weighted by Gasteiger charge is 2.23. The number of allylic oxidation sites excluding steroid dienone is 1. The maximum atomic E-state index is 11.5. The fourth-order valence-electron chi connectivity index (χ4n) is 1.20. The summed E-state index contributed by atoms with van der Waals surface area (Å²) in [6.45, 7) is 11.0. The molecule has 0 aliphatic heterocycles. The van der Waals surface area contributed by atoms with E-state index in [1.807, 2.05) is 13.8 Å². The van der Waals surface area contributed by atoms with E-state index in [1.165, 1.54) is 0 Å². The third-order valence-electron chi connectivity index (χ3n) is 1.95. The molecule has 0 heterocycles. The van der Waals surface area contributed by atoms with Crippen LogP contribution in [-0.4, -0.2) is 22.8 Å². The summed E-state index contributed by atoms with van der Waals surface area (Å²) in [5.41, 5.74) is -0.531. The minimum Gasteiger partial charge on any atom is -0.510 e. The van der Waals surface area contributed by atoms with Gasteiger partial charge in [-0.15, -0.1) is 0 Å². The molecule has 94 valence electrons. The predicted molar refractivity (Wildman–Crippen MR) is 64.4 cm³/mol. The first-order chi connectivity index (χ1) is 7.17. The Hall–Kier alpha value is -1.19. The molecular weight excluding hydrogens is 206 g/mol. The topological polar surface area (TPSA) is 58.6 Å². The van der Waals surface area contributed by atoms with Gasteiger partial charge in [0.1, 0.15) is 11.4 Å². The number of hydrogen-bond donors (Lipinski definition) is 2. The van der Waals surface area contributed by atoms with Crippen molar-refractivity contribution >= 4 is 6.09 Å². The number of nitrogens with one attached hydrogen (secondary N) is 1. The van der Waals surface area contributed by atoms with Crippen LogP contribution in [0.2, 0.25) is 0 Å². The van der Waals surface area contributed by atoms with Crippen molar-refractivity contribution in [2.24, 2.45) is 5.92 Å². The van der Waals surface area contributed by atoms with E-state index in [0.717, 1.165) is 0 Å². The standard InChI is InChI=1S/C12H23NO3/c1-7-9(14)10(8(2)3)13-11(15)16-12(4,5)6/h7-8,10,14H,1-6H3,(H,13,15)/t10-/m0/s1. The van der Waals surface area contributed by atoms with E-state index in [9.17, 15) is 9.90 Å². The van der Waals surface area contributed by atoms with E-state index in [4.69, 9.17) is 4.74 Å². The zero-order valence-electron chi connectivity index (χ0n) is 11.0. The molecule has 0 saturated carbocycles. The highest BCUT2D eigenvalue weighted by atomic mass is 16.6. The highest BCUT2D eigenvalue weighted by molar-refractivity contribution is 5.68. The van der Waals surface area contributed by atoms with Crippen molar-refractivity contribution < 1.29 is 14.6 Å². The number of amides is 1. The van der Waals surface area contributed by atoms with E-state index in [-0.39, 0.29) is 11.7 Å². The Balaban J connectivity index is 4.48. The predicted octanol–water partition coefficient (Wildman–Crippen LogP) is 3.00. The maximum Gasteiger partial charge on any atom is 0.408 e. The summed E-state index contributed by atoms with van der Waals surface area (Å²) in [4.78, 5) is 11.5. The van der Waals surface area contributed by atoms with Crippen molar-refractivity contribution in [1.29, 1.82) is 0 Å². The molecule has 0 aromatic heterocycles. The van der Waals surface area contributed by atoms with Gasteiger partial charge in [0.15, 0.2) is 0 Å². The Morgan fingerprint density at radius 3 is 2.19 bits per heavy atom. The van der Waals surface area contributed by atoms with Gasteiger partial charge in [-0.2, -0.15) is 0 Å². The van der Waals surface area contributed by atoms with Crippen LogP contribution >= 0.6 is 0 Å². The van der Waals surface area contributed by atoms with Crippen LogP contribution in [0.15, 0.2) is 11.8 Å². The quantitative estimate of drug-likeness (QED) is 0.731. The number of rotatable bonds is 3. The summed E-state index contributed by atoms with van der Waals surface area (Å²) < 4.78 is 5.12. The molecule has 0 aliphatic carbocycles. The molecule has 0 rings (SSSR count). The van der Waals surface area contributed by atoms with Gasteiger partial charge in [-0.05, 0) is 39.7 Å². The third-order valence-corrected chi connectivity index (χ3v) is 1.95. The van der Waals surface area contributed by atoms with Crippen LogP contribution in [0.1, 0.15) is 41.5 Å². The number of carbonyl (C=O) groups excluding carboxylic acids is 1. The average Bonchev–Trinajstić information content (AvgIpc) is 2.09. The molecule has 0 aromatic carbocycles. The molecule has 4 nitrogen and oxygen atoms in total. The minimum atomic E-state index is -0.531. The van der Waals surface area contributed by atoms with Gasteiger partial charge in [-0.25, -0.2) is 4.79 Å². The maximum absolute atomic E-state index is 11.5. The summed E-state index contributed by atoms with van der Waals surface area (Å²) >= 11 is 0. The zero-order chi connectivity index (χ0) is 12.9. The lowest BCUT2D eigenvalue weighted by Crippen LogP contribution is -2.42. The molecule has 0 radical (unpaired) electrons. The molecule has 1 amide bonds. The summed E-state index contributed by atoms with van der Waals surface area (Å²) in [5.74, 6) is 0.254. The van der Waals surface area contributed by atoms with E-state index in [1.54, 1.807) is 33.8 Å². The minimum absolute atomic E-state index is 0.101. The lowest BCUT2D eigenvalue weighted by Gasteiger charge is -2.25. The molecule has 0 fully saturated rings. The van der Waals surface area contributed by atoms with Gasteiger partial charge in [-0.1, -0.05) is 13.8 Å². The van der Waals surface area contributed by atoms with Crippen LogP contribution in [0.5, 0.6) is 0 Å². The number of carbonyl (C=O) groups is 1. The Bertz CT molecular complexity index is 264. The van der Waals surface area contributed by atoms with Gasteiger partial charge in [0.25, 0.3) is 0 Å². The van der Waals surface area contributed by atoms with E-state index in [2.05, 4.69) is 5.32 Å². The second-order valence-electron chi connectivity index (χ2n) is 5.08. The number of alkyl carbamates (subject to hydrolysis) is 1. The zero-order valence-corrected chi connectivity index (χ0v) is 11.0. The lowest BCUT2D eigenvalue weighted by atomic mass is 10.0. The van der Waals surface area contributed by atoms with Crippen LogP contribution in [0.25, 0.3) is 0 Å². The summed E-state index contributed by atoms with van der Waals surface area (Å²) in [7, 11) is 0. The van der Waals surface area contributed by atoms with Crippen LogP contribution in [0.4, 0.5) is 4.79 Å². The summed E-state index contributed by atoms with van der Waals surface area (Å²) in [5, 5.41) is 12.3. The molecule has 0 aromatic rings. The average molecular weight is 229 g/mol.